The quantitative estimate of drug-likeness (QED) is 0.785. The summed E-state index contributed by atoms with van der Waals surface area (Å²) in [6.07, 6.45) is 0. The van der Waals surface area contributed by atoms with Gasteiger partial charge in [0.2, 0.25) is 5.91 Å². The Bertz CT molecular complexity index is 321. The Morgan fingerprint density at radius 3 is 2.71 bits per heavy atom. The predicted molar refractivity (Wildman–Crippen MR) is 58.3 cm³/mol. The minimum Gasteiger partial charge on any atom is -0.378 e. The van der Waals surface area contributed by atoms with Crippen molar-refractivity contribution in [2.45, 2.75) is 13.5 Å². The van der Waals surface area contributed by atoms with Crippen LogP contribution < -0.4 is 10.2 Å². The molecule has 76 valence electrons. The first kappa shape index (κ1) is 10.6. The molecule has 0 aromatic heterocycles. The van der Waals surface area contributed by atoms with Gasteiger partial charge < -0.3 is 10.2 Å². The van der Waals surface area contributed by atoms with Crippen LogP contribution in [0.5, 0.6) is 0 Å². The first-order chi connectivity index (χ1) is 6.59. The molecule has 0 bridgehead atoms. The minimum atomic E-state index is 0.000237. The van der Waals surface area contributed by atoms with E-state index in [2.05, 4.69) is 11.4 Å². The van der Waals surface area contributed by atoms with Gasteiger partial charge in [-0.25, -0.2) is 0 Å². The molecule has 0 unspecified atom stereocenters. The second-order valence-electron chi connectivity index (χ2n) is 3.47. The summed E-state index contributed by atoms with van der Waals surface area (Å²) in [5, 5.41) is 2.77. The third-order valence-corrected chi connectivity index (χ3v) is 1.97. The lowest BCUT2D eigenvalue weighted by atomic mass is 10.2. The van der Waals surface area contributed by atoms with E-state index in [0.717, 1.165) is 11.3 Å². The van der Waals surface area contributed by atoms with Crippen LogP contribution in [0.4, 0.5) is 5.69 Å². The topological polar surface area (TPSA) is 32.3 Å². The first-order valence-corrected chi connectivity index (χ1v) is 4.60. The van der Waals surface area contributed by atoms with Crippen molar-refractivity contribution in [3.63, 3.8) is 0 Å². The highest BCUT2D eigenvalue weighted by atomic mass is 16.1. The van der Waals surface area contributed by atoms with Gasteiger partial charge in [-0.3, -0.25) is 4.79 Å². The fourth-order valence-corrected chi connectivity index (χ4v) is 1.17. The molecule has 0 aliphatic carbocycles. The van der Waals surface area contributed by atoms with Crippen molar-refractivity contribution in [1.82, 2.24) is 5.32 Å². The van der Waals surface area contributed by atoms with Crippen LogP contribution in [0.1, 0.15) is 12.5 Å². The number of anilines is 1. The van der Waals surface area contributed by atoms with Crippen LogP contribution in [0.2, 0.25) is 0 Å². The molecule has 3 nitrogen and oxygen atoms in total. The van der Waals surface area contributed by atoms with Crippen molar-refractivity contribution in [3.8, 4) is 0 Å². The van der Waals surface area contributed by atoms with Gasteiger partial charge in [-0.1, -0.05) is 12.1 Å². The van der Waals surface area contributed by atoms with Gasteiger partial charge in [0.1, 0.15) is 0 Å². The Morgan fingerprint density at radius 1 is 1.43 bits per heavy atom. The zero-order valence-corrected chi connectivity index (χ0v) is 8.87. The van der Waals surface area contributed by atoms with Crippen LogP contribution in [-0.2, 0) is 11.3 Å². The zero-order chi connectivity index (χ0) is 10.6. The zero-order valence-electron chi connectivity index (χ0n) is 8.87. The molecule has 0 saturated carbocycles. The SMILES string of the molecule is CC(=O)NCc1cccc(N(C)C)c1. The van der Waals surface area contributed by atoms with Gasteiger partial charge in [0.15, 0.2) is 0 Å². The maximum absolute atomic E-state index is 10.7. The number of carbonyl (C=O) groups is 1. The number of benzene rings is 1. The van der Waals surface area contributed by atoms with Crippen molar-refractivity contribution >= 4 is 11.6 Å². The summed E-state index contributed by atoms with van der Waals surface area (Å²) in [5.74, 6) is 0.000237. The third kappa shape index (κ3) is 3.09. The predicted octanol–water partition coefficient (Wildman–Crippen LogP) is 1.39. The van der Waals surface area contributed by atoms with Gasteiger partial charge in [-0.05, 0) is 17.7 Å². The van der Waals surface area contributed by atoms with E-state index in [1.165, 1.54) is 6.92 Å². The molecule has 1 N–H and O–H groups in total. The van der Waals surface area contributed by atoms with Crippen molar-refractivity contribution in [2.24, 2.45) is 0 Å². The molecule has 1 aromatic rings. The van der Waals surface area contributed by atoms with Crippen LogP contribution in [-0.4, -0.2) is 20.0 Å². The highest BCUT2D eigenvalue weighted by Gasteiger charge is 1.98. The molecular weight excluding hydrogens is 176 g/mol. The molecule has 1 amide bonds. The van der Waals surface area contributed by atoms with E-state index in [-0.39, 0.29) is 5.91 Å². The standard InChI is InChI=1S/C11H16N2O/c1-9(14)12-8-10-5-4-6-11(7-10)13(2)3/h4-7H,8H2,1-3H3,(H,12,14). The second kappa shape index (κ2) is 4.65. The molecule has 0 radical (unpaired) electrons. The van der Waals surface area contributed by atoms with Crippen molar-refractivity contribution in [2.75, 3.05) is 19.0 Å². The van der Waals surface area contributed by atoms with Crippen molar-refractivity contribution in [3.05, 3.63) is 29.8 Å². The van der Waals surface area contributed by atoms with Gasteiger partial charge in [-0.15, -0.1) is 0 Å². The Kier molecular flexibility index (Phi) is 3.51. The van der Waals surface area contributed by atoms with Gasteiger partial charge in [0.25, 0.3) is 0 Å². The fourth-order valence-electron chi connectivity index (χ4n) is 1.17. The summed E-state index contributed by atoms with van der Waals surface area (Å²) in [6.45, 7) is 2.12. The van der Waals surface area contributed by atoms with E-state index >= 15 is 0 Å². The molecule has 0 fully saturated rings. The summed E-state index contributed by atoms with van der Waals surface area (Å²) in [4.78, 5) is 12.8. The summed E-state index contributed by atoms with van der Waals surface area (Å²) >= 11 is 0. The summed E-state index contributed by atoms with van der Waals surface area (Å²) in [6, 6.07) is 8.10. The van der Waals surface area contributed by atoms with E-state index < -0.39 is 0 Å². The van der Waals surface area contributed by atoms with Crippen LogP contribution in [0.25, 0.3) is 0 Å². The number of nitrogens with one attached hydrogen (secondary N) is 1. The first-order valence-electron chi connectivity index (χ1n) is 4.60. The number of nitrogens with zero attached hydrogens (tertiary/aromatic N) is 1. The molecule has 1 rings (SSSR count). The minimum absolute atomic E-state index is 0.000237. The number of rotatable bonds is 3. The molecule has 0 aliphatic rings. The largest absolute Gasteiger partial charge is 0.378 e. The number of amides is 1. The average molecular weight is 192 g/mol. The molecule has 0 spiro atoms. The highest BCUT2D eigenvalue weighted by Crippen LogP contribution is 2.12. The average Bonchev–Trinajstić information content (AvgIpc) is 2.15. The molecule has 0 saturated heterocycles. The third-order valence-electron chi connectivity index (χ3n) is 1.97. The molecule has 1 aromatic carbocycles. The lowest BCUT2D eigenvalue weighted by Gasteiger charge is -2.13. The maximum Gasteiger partial charge on any atom is 0.217 e. The Balaban J connectivity index is 2.68. The lowest BCUT2D eigenvalue weighted by Crippen LogP contribution is -2.19. The molecule has 14 heavy (non-hydrogen) atoms. The molecule has 3 heteroatoms. The lowest BCUT2D eigenvalue weighted by molar-refractivity contribution is -0.119. The van der Waals surface area contributed by atoms with Crippen molar-refractivity contribution < 1.29 is 4.79 Å². The number of carbonyl (C=O) groups excluding carboxylic acids is 1. The smallest absolute Gasteiger partial charge is 0.217 e. The van der Waals surface area contributed by atoms with Gasteiger partial charge in [-0.2, -0.15) is 0 Å². The van der Waals surface area contributed by atoms with E-state index in [1.807, 2.05) is 37.2 Å². The van der Waals surface area contributed by atoms with E-state index in [1.54, 1.807) is 0 Å². The Morgan fingerprint density at radius 2 is 2.14 bits per heavy atom. The van der Waals surface area contributed by atoms with Crippen LogP contribution >= 0.6 is 0 Å². The number of hydrogen-bond donors (Lipinski definition) is 1. The Labute approximate surface area is 84.7 Å². The van der Waals surface area contributed by atoms with Crippen molar-refractivity contribution in [1.29, 1.82) is 0 Å². The monoisotopic (exact) mass is 192 g/mol. The molecule has 0 aliphatic heterocycles. The van der Waals surface area contributed by atoms with Gasteiger partial charge >= 0.3 is 0 Å². The van der Waals surface area contributed by atoms with Crippen LogP contribution in [0, 0.1) is 0 Å². The summed E-state index contributed by atoms with van der Waals surface area (Å²) in [5.41, 5.74) is 2.26. The highest BCUT2D eigenvalue weighted by molar-refractivity contribution is 5.72. The number of hydrogen-bond acceptors (Lipinski definition) is 2. The maximum atomic E-state index is 10.7. The second-order valence-corrected chi connectivity index (χ2v) is 3.47. The summed E-state index contributed by atoms with van der Waals surface area (Å²) < 4.78 is 0. The van der Waals surface area contributed by atoms with Gasteiger partial charge in [0.05, 0.1) is 0 Å². The fraction of sp³-hybridized carbons (Fsp3) is 0.364. The Hall–Kier alpha value is -1.51. The molecule has 0 heterocycles. The van der Waals surface area contributed by atoms with Gasteiger partial charge in [0, 0.05) is 33.3 Å². The van der Waals surface area contributed by atoms with E-state index in [4.69, 9.17) is 0 Å². The van der Waals surface area contributed by atoms with E-state index in [0.29, 0.717) is 6.54 Å². The molecular formula is C11H16N2O. The van der Waals surface area contributed by atoms with E-state index in [9.17, 15) is 4.79 Å². The summed E-state index contributed by atoms with van der Waals surface area (Å²) in [7, 11) is 4.00. The van der Waals surface area contributed by atoms with Crippen LogP contribution in [0.15, 0.2) is 24.3 Å². The normalized spacial score (nSPS) is 9.64. The van der Waals surface area contributed by atoms with Crippen LogP contribution in [0.3, 0.4) is 0 Å². The molecule has 0 atom stereocenters.